The van der Waals surface area contributed by atoms with E-state index in [9.17, 15) is 40.7 Å². The molecule has 1 aromatic rings. The van der Waals surface area contributed by atoms with E-state index in [1.807, 2.05) is 5.32 Å². The molecule has 13 heteroatoms. The van der Waals surface area contributed by atoms with Crippen LogP contribution in [-0.2, 0) is 23.9 Å². The van der Waals surface area contributed by atoms with Gasteiger partial charge in [0.2, 0.25) is 11.8 Å². The Morgan fingerprint density at radius 3 is 1.68 bits per heavy atom. The molecule has 1 aromatic carbocycles. The van der Waals surface area contributed by atoms with E-state index in [0.29, 0.717) is 5.75 Å². The molecule has 0 fully saturated rings. The van der Waals surface area contributed by atoms with Crippen LogP contribution in [0.25, 0.3) is 0 Å². The number of alkyl halides is 6. The van der Waals surface area contributed by atoms with Gasteiger partial charge in [-0.15, -0.1) is 0 Å². The van der Waals surface area contributed by atoms with Gasteiger partial charge in [-0.05, 0) is 24.3 Å². The molecular formula is C15H13F6NO6. The molecular weight excluding hydrogens is 404 g/mol. The number of anilines is 1. The molecule has 1 rings (SSSR count). The molecule has 0 saturated carbocycles. The fourth-order valence-electron chi connectivity index (χ4n) is 1.67. The van der Waals surface area contributed by atoms with Crippen LogP contribution in [0.5, 0.6) is 5.75 Å². The Morgan fingerprint density at radius 1 is 0.893 bits per heavy atom. The van der Waals surface area contributed by atoms with Gasteiger partial charge in [-0.3, -0.25) is 14.4 Å². The molecule has 28 heavy (non-hydrogen) atoms. The zero-order valence-corrected chi connectivity index (χ0v) is 14.0. The molecule has 156 valence electrons. The monoisotopic (exact) mass is 417 g/mol. The summed E-state index contributed by atoms with van der Waals surface area (Å²) in [5, 5.41) is 1.99. The van der Waals surface area contributed by atoms with Crippen LogP contribution in [0.15, 0.2) is 24.3 Å². The molecule has 0 heterocycles. The molecule has 0 saturated heterocycles. The summed E-state index contributed by atoms with van der Waals surface area (Å²) in [7, 11) is 1.34. The summed E-state index contributed by atoms with van der Waals surface area (Å²) in [5.74, 6) is -7.91. The highest BCUT2D eigenvalue weighted by Crippen LogP contribution is 2.20. The summed E-state index contributed by atoms with van der Waals surface area (Å²) < 4.78 is 85.3. The van der Waals surface area contributed by atoms with Crippen LogP contribution in [0.4, 0.5) is 32.0 Å². The number of ether oxygens (including phenoxy) is 3. The van der Waals surface area contributed by atoms with E-state index >= 15 is 0 Å². The van der Waals surface area contributed by atoms with Crippen molar-refractivity contribution in [1.82, 2.24) is 0 Å². The summed E-state index contributed by atoms with van der Waals surface area (Å²) in [6.07, 6.45) is -9.97. The number of carbonyl (C=O) groups excluding carboxylic acids is 3. The van der Waals surface area contributed by atoms with Crippen molar-refractivity contribution in [3.63, 3.8) is 0 Å². The van der Waals surface area contributed by atoms with E-state index in [0.717, 1.165) is 0 Å². The lowest BCUT2D eigenvalue weighted by atomic mass is 10.1. The van der Waals surface area contributed by atoms with Crippen LogP contribution in [0.2, 0.25) is 0 Å². The summed E-state index contributed by atoms with van der Waals surface area (Å²) in [5.41, 5.74) is -0.0250. The third-order valence-electron chi connectivity index (χ3n) is 2.85. The van der Waals surface area contributed by atoms with Crippen molar-refractivity contribution >= 4 is 23.5 Å². The van der Waals surface area contributed by atoms with E-state index < -0.39 is 49.3 Å². The fourth-order valence-corrected chi connectivity index (χ4v) is 1.67. The molecule has 7 nitrogen and oxygen atoms in total. The molecule has 1 amide bonds. The van der Waals surface area contributed by atoms with E-state index in [1.54, 1.807) is 0 Å². The van der Waals surface area contributed by atoms with Crippen molar-refractivity contribution < 1.29 is 54.9 Å². The first-order valence-electron chi connectivity index (χ1n) is 7.24. The number of nitrogens with one attached hydrogen (secondary N) is 1. The van der Waals surface area contributed by atoms with Crippen LogP contribution < -0.4 is 10.1 Å². The fraction of sp³-hybridized carbons (Fsp3) is 0.400. The highest BCUT2D eigenvalue weighted by atomic mass is 19.4. The topological polar surface area (TPSA) is 90.9 Å². The quantitative estimate of drug-likeness (QED) is 0.417. The third-order valence-corrected chi connectivity index (χ3v) is 2.85. The predicted octanol–water partition coefficient (Wildman–Crippen LogP) is 2.46. The van der Waals surface area contributed by atoms with Crippen LogP contribution in [0, 0.1) is 5.92 Å². The Bertz CT molecular complexity index is 670. The maximum absolute atomic E-state index is 12.1. The number of rotatable bonds is 7. The number of esters is 2. The van der Waals surface area contributed by atoms with E-state index in [1.165, 1.54) is 31.4 Å². The third kappa shape index (κ3) is 8.14. The summed E-state index contributed by atoms with van der Waals surface area (Å²) >= 11 is 0. The zero-order chi connectivity index (χ0) is 21.5. The summed E-state index contributed by atoms with van der Waals surface area (Å²) in [6, 6.07) is 5.20. The number of hydrogen-bond acceptors (Lipinski definition) is 6. The maximum Gasteiger partial charge on any atom is 0.422 e. The maximum atomic E-state index is 12.1. The molecule has 0 aliphatic carbocycles. The number of methoxy groups -OCH3 is 1. The van der Waals surface area contributed by atoms with Crippen molar-refractivity contribution in [2.45, 2.75) is 12.4 Å². The minimum Gasteiger partial charge on any atom is -0.497 e. The minimum atomic E-state index is -4.98. The van der Waals surface area contributed by atoms with Crippen molar-refractivity contribution in [1.29, 1.82) is 0 Å². The van der Waals surface area contributed by atoms with Crippen molar-refractivity contribution in [2.24, 2.45) is 5.92 Å². The Morgan fingerprint density at radius 2 is 1.32 bits per heavy atom. The average molecular weight is 417 g/mol. The largest absolute Gasteiger partial charge is 0.497 e. The molecule has 0 aliphatic rings. The Hall–Kier alpha value is -2.99. The van der Waals surface area contributed by atoms with Gasteiger partial charge in [-0.1, -0.05) is 0 Å². The van der Waals surface area contributed by atoms with E-state index in [4.69, 9.17) is 4.74 Å². The lowest BCUT2D eigenvalue weighted by Crippen LogP contribution is -2.40. The second-order valence-electron chi connectivity index (χ2n) is 5.10. The first-order chi connectivity index (χ1) is 12.8. The van der Waals surface area contributed by atoms with Crippen LogP contribution in [0.1, 0.15) is 0 Å². The lowest BCUT2D eigenvalue weighted by molar-refractivity contribution is -0.199. The van der Waals surface area contributed by atoms with Gasteiger partial charge in [0.1, 0.15) is 5.75 Å². The van der Waals surface area contributed by atoms with Gasteiger partial charge in [0.05, 0.1) is 7.11 Å². The molecule has 0 spiro atoms. The molecule has 1 N–H and O–H groups in total. The zero-order valence-electron chi connectivity index (χ0n) is 14.0. The lowest BCUT2D eigenvalue weighted by Gasteiger charge is -2.17. The average Bonchev–Trinajstić information content (AvgIpc) is 2.58. The Kier molecular flexibility index (Phi) is 7.64. The first kappa shape index (κ1) is 23.0. The minimum absolute atomic E-state index is 0.0250. The number of halogens is 6. The Balaban J connectivity index is 2.94. The number of hydrogen-bond donors (Lipinski definition) is 1. The van der Waals surface area contributed by atoms with Gasteiger partial charge in [-0.2, -0.15) is 26.3 Å². The van der Waals surface area contributed by atoms with Crippen LogP contribution in [-0.4, -0.2) is 50.5 Å². The first-order valence-corrected chi connectivity index (χ1v) is 7.24. The summed E-state index contributed by atoms with van der Waals surface area (Å²) in [4.78, 5) is 35.5. The molecule has 0 atom stereocenters. The molecule has 0 radical (unpaired) electrons. The SMILES string of the molecule is COc1ccc(NC(=O)C(C(=O)OCC(F)(F)F)C(=O)OCC(F)(F)F)cc1. The van der Waals surface area contributed by atoms with Crippen LogP contribution in [0.3, 0.4) is 0 Å². The molecule has 0 bridgehead atoms. The number of benzene rings is 1. The summed E-state index contributed by atoms with van der Waals surface area (Å²) in [6.45, 7) is -4.30. The van der Waals surface area contributed by atoms with E-state index in [-0.39, 0.29) is 5.69 Å². The number of carbonyl (C=O) groups is 3. The van der Waals surface area contributed by atoms with Gasteiger partial charge in [0, 0.05) is 5.69 Å². The standard InChI is InChI=1S/C15H13F6NO6/c1-26-9-4-2-8(3-5-9)22-11(23)10(12(24)27-6-14(16,17)18)13(25)28-7-15(19,20)21/h2-5,10H,6-7H2,1H3,(H,22,23). The van der Waals surface area contributed by atoms with Gasteiger partial charge < -0.3 is 19.5 Å². The van der Waals surface area contributed by atoms with E-state index in [2.05, 4.69) is 9.47 Å². The molecule has 0 unspecified atom stereocenters. The second-order valence-corrected chi connectivity index (χ2v) is 5.10. The van der Waals surface area contributed by atoms with Crippen molar-refractivity contribution in [3.8, 4) is 5.75 Å². The second kappa shape index (κ2) is 9.28. The van der Waals surface area contributed by atoms with Crippen molar-refractivity contribution in [3.05, 3.63) is 24.3 Å². The highest BCUT2D eigenvalue weighted by molar-refractivity contribution is 6.18. The molecule has 0 aromatic heterocycles. The predicted molar refractivity (Wildman–Crippen MR) is 79.1 cm³/mol. The smallest absolute Gasteiger partial charge is 0.422 e. The Labute approximate surface area is 153 Å². The van der Waals surface area contributed by atoms with Crippen molar-refractivity contribution in [2.75, 3.05) is 25.6 Å². The normalized spacial score (nSPS) is 11.7. The number of amides is 1. The van der Waals surface area contributed by atoms with Gasteiger partial charge >= 0.3 is 24.3 Å². The van der Waals surface area contributed by atoms with Gasteiger partial charge in [0.25, 0.3) is 0 Å². The van der Waals surface area contributed by atoms with Gasteiger partial charge in [0.15, 0.2) is 13.2 Å². The van der Waals surface area contributed by atoms with Gasteiger partial charge in [-0.25, -0.2) is 0 Å². The van der Waals surface area contributed by atoms with Crippen LogP contribution >= 0.6 is 0 Å². The molecule has 0 aliphatic heterocycles. The highest BCUT2D eigenvalue weighted by Gasteiger charge is 2.41.